The number of nitrogens with one attached hydrogen (secondary N) is 1. The van der Waals surface area contributed by atoms with Crippen molar-refractivity contribution in [1.82, 2.24) is 15.3 Å². The van der Waals surface area contributed by atoms with Gasteiger partial charge in [-0.2, -0.15) is 0 Å². The predicted molar refractivity (Wildman–Crippen MR) is 78.0 cm³/mol. The summed E-state index contributed by atoms with van der Waals surface area (Å²) in [7, 11) is 0. The molecule has 2 aromatic rings. The highest BCUT2D eigenvalue weighted by molar-refractivity contribution is 5.31. The van der Waals surface area contributed by atoms with Gasteiger partial charge in [-0.1, -0.05) is 26.0 Å². The summed E-state index contributed by atoms with van der Waals surface area (Å²) in [6.07, 6.45) is 7.69. The van der Waals surface area contributed by atoms with E-state index in [-0.39, 0.29) is 6.04 Å². The number of nitrogens with zero attached hydrogens (tertiary/aromatic N) is 2. The molecule has 0 saturated heterocycles. The maximum Gasteiger partial charge on any atom is 0.0769 e. The fourth-order valence-corrected chi connectivity index (χ4v) is 2.22. The quantitative estimate of drug-likeness (QED) is 0.861. The molecule has 0 bridgehead atoms. The van der Waals surface area contributed by atoms with Gasteiger partial charge in [0.1, 0.15) is 0 Å². The van der Waals surface area contributed by atoms with Crippen LogP contribution in [-0.4, -0.2) is 16.5 Å². The van der Waals surface area contributed by atoms with Crippen LogP contribution in [0.2, 0.25) is 0 Å². The van der Waals surface area contributed by atoms with Gasteiger partial charge in [0.2, 0.25) is 0 Å². The van der Waals surface area contributed by atoms with E-state index < -0.39 is 0 Å². The Labute approximate surface area is 115 Å². The van der Waals surface area contributed by atoms with Crippen molar-refractivity contribution < 1.29 is 0 Å². The van der Waals surface area contributed by atoms with Gasteiger partial charge in [0.15, 0.2) is 0 Å². The molecule has 1 atom stereocenters. The third-order valence-corrected chi connectivity index (χ3v) is 3.20. The van der Waals surface area contributed by atoms with Crippen LogP contribution in [-0.2, 0) is 6.42 Å². The Bertz CT molecular complexity index is 496. The van der Waals surface area contributed by atoms with Gasteiger partial charge in [-0.05, 0) is 42.6 Å². The molecule has 0 amide bonds. The highest BCUT2D eigenvalue weighted by Gasteiger charge is 2.17. The van der Waals surface area contributed by atoms with E-state index in [1.54, 1.807) is 6.20 Å². The molecule has 0 radical (unpaired) electrons. The number of aryl methyl sites for hydroxylation is 1. The van der Waals surface area contributed by atoms with Crippen molar-refractivity contribution in [3.63, 3.8) is 0 Å². The molecule has 0 fully saturated rings. The molecule has 3 heteroatoms. The van der Waals surface area contributed by atoms with E-state index in [9.17, 15) is 0 Å². The number of pyridine rings is 2. The van der Waals surface area contributed by atoms with Crippen molar-refractivity contribution in [2.75, 3.05) is 6.54 Å². The van der Waals surface area contributed by atoms with Gasteiger partial charge in [-0.25, -0.2) is 0 Å². The fraction of sp³-hybridized carbons (Fsp3) is 0.375. The molecule has 3 nitrogen and oxygen atoms in total. The molecule has 0 aliphatic rings. The molecular weight excluding hydrogens is 234 g/mol. The molecule has 2 rings (SSSR count). The van der Waals surface area contributed by atoms with Crippen molar-refractivity contribution in [2.45, 2.75) is 32.7 Å². The van der Waals surface area contributed by atoms with Crippen molar-refractivity contribution in [3.8, 4) is 0 Å². The van der Waals surface area contributed by atoms with E-state index in [4.69, 9.17) is 0 Å². The van der Waals surface area contributed by atoms with Gasteiger partial charge in [0, 0.05) is 18.6 Å². The minimum atomic E-state index is 0.129. The highest BCUT2D eigenvalue weighted by Crippen LogP contribution is 2.23. The van der Waals surface area contributed by atoms with Crippen molar-refractivity contribution >= 4 is 0 Å². The maximum absolute atomic E-state index is 4.59. The van der Waals surface area contributed by atoms with E-state index in [0.29, 0.717) is 0 Å². The Hall–Kier alpha value is -1.74. The van der Waals surface area contributed by atoms with E-state index in [1.165, 1.54) is 11.1 Å². The maximum atomic E-state index is 4.59. The van der Waals surface area contributed by atoms with Gasteiger partial charge >= 0.3 is 0 Å². The molecule has 2 heterocycles. The zero-order valence-corrected chi connectivity index (χ0v) is 11.6. The Morgan fingerprint density at radius 2 is 2.00 bits per heavy atom. The summed E-state index contributed by atoms with van der Waals surface area (Å²) in [4.78, 5) is 8.82. The first-order valence-corrected chi connectivity index (χ1v) is 6.93. The van der Waals surface area contributed by atoms with Gasteiger partial charge in [0.25, 0.3) is 0 Å². The summed E-state index contributed by atoms with van der Waals surface area (Å²) in [6, 6.07) is 8.37. The monoisotopic (exact) mass is 255 g/mol. The van der Waals surface area contributed by atoms with E-state index in [0.717, 1.165) is 25.1 Å². The third kappa shape index (κ3) is 3.38. The Balaban J connectivity index is 2.37. The molecule has 0 aromatic carbocycles. The van der Waals surface area contributed by atoms with Crippen LogP contribution < -0.4 is 5.32 Å². The molecule has 2 aromatic heterocycles. The average molecular weight is 255 g/mol. The standard InChI is InChI=1S/C16H21N3/c1-3-9-18-16(14-8-5-10-17-12-14)15-13(4-2)7-6-11-19-15/h5-8,10-12,16,18H,3-4,9H2,1-2H3. The lowest BCUT2D eigenvalue weighted by Gasteiger charge is -2.20. The average Bonchev–Trinajstić information content (AvgIpc) is 2.49. The van der Waals surface area contributed by atoms with Crippen LogP contribution in [0.1, 0.15) is 43.1 Å². The molecule has 100 valence electrons. The van der Waals surface area contributed by atoms with Crippen molar-refractivity contribution in [3.05, 3.63) is 59.7 Å². The minimum Gasteiger partial charge on any atom is -0.305 e. The van der Waals surface area contributed by atoms with Crippen LogP contribution in [0.15, 0.2) is 42.9 Å². The normalized spacial score (nSPS) is 12.3. The van der Waals surface area contributed by atoms with Crippen LogP contribution in [0.5, 0.6) is 0 Å². The first kappa shape index (κ1) is 13.7. The molecule has 1 N–H and O–H groups in total. The summed E-state index contributed by atoms with van der Waals surface area (Å²) < 4.78 is 0. The molecule has 19 heavy (non-hydrogen) atoms. The summed E-state index contributed by atoms with van der Waals surface area (Å²) in [5.41, 5.74) is 3.58. The second-order valence-corrected chi connectivity index (χ2v) is 4.57. The molecule has 1 unspecified atom stereocenters. The topological polar surface area (TPSA) is 37.8 Å². The van der Waals surface area contributed by atoms with Gasteiger partial charge in [0.05, 0.1) is 11.7 Å². The van der Waals surface area contributed by atoms with Crippen LogP contribution in [0, 0.1) is 0 Å². The lowest BCUT2D eigenvalue weighted by Crippen LogP contribution is -2.25. The van der Waals surface area contributed by atoms with Crippen molar-refractivity contribution in [1.29, 1.82) is 0 Å². The van der Waals surface area contributed by atoms with Crippen LogP contribution in [0.4, 0.5) is 0 Å². The SMILES string of the molecule is CCCNC(c1cccnc1)c1ncccc1CC. The molecule has 0 spiro atoms. The number of hydrogen-bond acceptors (Lipinski definition) is 3. The largest absolute Gasteiger partial charge is 0.305 e. The summed E-state index contributed by atoms with van der Waals surface area (Å²) in [5.74, 6) is 0. The van der Waals surface area contributed by atoms with Crippen LogP contribution in [0.3, 0.4) is 0 Å². The first-order chi connectivity index (χ1) is 9.36. The van der Waals surface area contributed by atoms with E-state index >= 15 is 0 Å². The minimum absolute atomic E-state index is 0.129. The highest BCUT2D eigenvalue weighted by atomic mass is 14.9. The van der Waals surface area contributed by atoms with E-state index in [2.05, 4.69) is 41.3 Å². The second kappa shape index (κ2) is 7.00. The smallest absolute Gasteiger partial charge is 0.0769 e. The first-order valence-electron chi connectivity index (χ1n) is 6.93. The molecule has 0 aliphatic carbocycles. The molecular formula is C16H21N3. The van der Waals surface area contributed by atoms with Crippen molar-refractivity contribution in [2.24, 2.45) is 0 Å². The fourth-order valence-electron chi connectivity index (χ4n) is 2.22. The Kier molecular flexibility index (Phi) is 5.04. The number of hydrogen-bond donors (Lipinski definition) is 1. The summed E-state index contributed by atoms with van der Waals surface area (Å²) in [5, 5.41) is 3.57. The second-order valence-electron chi connectivity index (χ2n) is 4.57. The number of rotatable bonds is 6. The van der Waals surface area contributed by atoms with Gasteiger partial charge < -0.3 is 5.32 Å². The zero-order chi connectivity index (χ0) is 13.5. The molecule has 0 aliphatic heterocycles. The summed E-state index contributed by atoms with van der Waals surface area (Å²) >= 11 is 0. The predicted octanol–water partition coefficient (Wildman–Crippen LogP) is 3.13. The lowest BCUT2D eigenvalue weighted by molar-refractivity contribution is 0.580. The summed E-state index contributed by atoms with van der Waals surface area (Å²) in [6.45, 7) is 5.31. The van der Waals surface area contributed by atoms with Gasteiger partial charge in [-0.15, -0.1) is 0 Å². The Morgan fingerprint density at radius 3 is 2.68 bits per heavy atom. The number of aromatic nitrogens is 2. The zero-order valence-electron chi connectivity index (χ0n) is 11.6. The third-order valence-electron chi connectivity index (χ3n) is 3.20. The lowest BCUT2D eigenvalue weighted by atomic mass is 9.99. The van der Waals surface area contributed by atoms with Crippen LogP contribution >= 0.6 is 0 Å². The Morgan fingerprint density at radius 1 is 1.16 bits per heavy atom. The van der Waals surface area contributed by atoms with Gasteiger partial charge in [-0.3, -0.25) is 9.97 Å². The van der Waals surface area contributed by atoms with E-state index in [1.807, 2.05) is 24.5 Å². The van der Waals surface area contributed by atoms with Crippen LogP contribution in [0.25, 0.3) is 0 Å². The molecule has 0 saturated carbocycles.